The second kappa shape index (κ2) is 9.61. The van der Waals surface area contributed by atoms with Gasteiger partial charge in [0.1, 0.15) is 11.9 Å². The van der Waals surface area contributed by atoms with Crippen molar-refractivity contribution in [3.8, 4) is 5.75 Å². The van der Waals surface area contributed by atoms with Gasteiger partial charge in [0.15, 0.2) is 0 Å². The van der Waals surface area contributed by atoms with Crippen molar-refractivity contribution >= 4 is 54.4 Å². The molecule has 7 heteroatoms. The summed E-state index contributed by atoms with van der Waals surface area (Å²) < 4.78 is 6.95. The number of amides is 1. The Balaban J connectivity index is 1.89. The van der Waals surface area contributed by atoms with Gasteiger partial charge in [0.05, 0.1) is 10.2 Å². The van der Waals surface area contributed by atoms with Gasteiger partial charge in [-0.05, 0) is 51.9 Å². The van der Waals surface area contributed by atoms with Crippen LogP contribution < -0.4 is 5.32 Å². The highest BCUT2D eigenvalue weighted by atomic mass is 79.9. The molecule has 3 N–H and O–H groups in total. The zero-order valence-corrected chi connectivity index (χ0v) is 18.9. The molecule has 0 heterocycles. The smallest absolute Gasteiger partial charge is 0.412 e. The first-order valence-electron chi connectivity index (χ1n) is 9.15. The molecule has 0 fully saturated rings. The summed E-state index contributed by atoms with van der Waals surface area (Å²) in [6.45, 7) is 1.81. The van der Waals surface area contributed by atoms with E-state index in [4.69, 9.17) is 4.74 Å². The van der Waals surface area contributed by atoms with E-state index in [1.54, 1.807) is 12.1 Å². The number of hydrogen-bond donors (Lipinski definition) is 3. The number of halogens is 2. The van der Waals surface area contributed by atoms with Crippen LogP contribution in [0, 0.1) is 5.92 Å². The van der Waals surface area contributed by atoms with Crippen LogP contribution in [0.2, 0.25) is 0 Å². The summed E-state index contributed by atoms with van der Waals surface area (Å²) in [5, 5.41) is 24.6. The van der Waals surface area contributed by atoms with E-state index in [1.807, 2.05) is 49.4 Å². The summed E-state index contributed by atoms with van der Waals surface area (Å²) in [4.78, 5) is 12.7. The number of benzene rings is 3. The largest absolute Gasteiger partial charge is 0.506 e. The minimum Gasteiger partial charge on any atom is -0.506 e. The first-order valence-corrected chi connectivity index (χ1v) is 10.7. The molecule has 0 saturated heterocycles. The number of carbonyl (C=O) groups is 1. The van der Waals surface area contributed by atoms with Crippen molar-refractivity contribution in [1.29, 1.82) is 0 Å². The standard InChI is InChI=1S/C22H21Br2NO4/c1-13(9-10-26)21(17-11-15(23)12-18(24)20(17)27)29-22(28)25-19-8-4-6-14-5-2-3-7-16(14)19/h2-8,11-13,21,26-27H,9-10H2,1H3,(H,25,28)/t13-,21-/m1/s1. The number of phenols is 1. The number of aromatic hydroxyl groups is 1. The van der Waals surface area contributed by atoms with Crippen LogP contribution >= 0.6 is 31.9 Å². The van der Waals surface area contributed by atoms with E-state index < -0.39 is 12.2 Å². The number of fused-ring (bicyclic) bond motifs is 1. The molecule has 152 valence electrons. The number of anilines is 1. The molecule has 3 aromatic carbocycles. The van der Waals surface area contributed by atoms with Crippen LogP contribution in [0.5, 0.6) is 5.75 Å². The number of aliphatic hydroxyl groups excluding tert-OH is 1. The summed E-state index contributed by atoms with van der Waals surface area (Å²) in [6, 6.07) is 16.8. The molecular formula is C22H21Br2NO4. The highest BCUT2D eigenvalue weighted by Gasteiger charge is 2.27. The highest BCUT2D eigenvalue weighted by molar-refractivity contribution is 9.11. The van der Waals surface area contributed by atoms with Gasteiger partial charge in [0.2, 0.25) is 0 Å². The molecular weight excluding hydrogens is 502 g/mol. The van der Waals surface area contributed by atoms with Gasteiger partial charge in [-0.2, -0.15) is 0 Å². The molecule has 3 aromatic rings. The molecule has 0 radical (unpaired) electrons. The van der Waals surface area contributed by atoms with E-state index in [0.717, 1.165) is 15.2 Å². The summed E-state index contributed by atoms with van der Waals surface area (Å²) in [5.74, 6) is -0.216. The molecule has 5 nitrogen and oxygen atoms in total. The quantitative estimate of drug-likeness (QED) is 0.351. The molecule has 0 aliphatic carbocycles. The zero-order chi connectivity index (χ0) is 21.0. The van der Waals surface area contributed by atoms with Gasteiger partial charge in [0.25, 0.3) is 0 Å². The lowest BCUT2D eigenvalue weighted by Crippen LogP contribution is -2.23. The van der Waals surface area contributed by atoms with E-state index >= 15 is 0 Å². The molecule has 2 atom stereocenters. The van der Waals surface area contributed by atoms with E-state index in [0.29, 0.717) is 22.1 Å². The predicted molar refractivity (Wildman–Crippen MR) is 121 cm³/mol. The van der Waals surface area contributed by atoms with Gasteiger partial charge in [-0.25, -0.2) is 4.79 Å². The topological polar surface area (TPSA) is 78.8 Å². The van der Waals surface area contributed by atoms with Gasteiger partial charge in [-0.1, -0.05) is 59.3 Å². The summed E-state index contributed by atoms with van der Waals surface area (Å²) in [6.07, 6.45) is -0.965. The molecule has 29 heavy (non-hydrogen) atoms. The van der Waals surface area contributed by atoms with E-state index in [2.05, 4.69) is 37.2 Å². The van der Waals surface area contributed by atoms with Crippen LogP contribution in [0.25, 0.3) is 10.8 Å². The Bertz CT molecular complexity index is 1020. The third-order valence-electron chi connectivity index (χ3n) is 4.73. The lowest BCUT2D eigenvalue weighted by atomic mass is 9.94. The minimum atomic E-state index is -0.745. The van der Waals surface area contributed by atoms with E-state index in [1.165, 1.54) is 0 Å². The van der Waals surface area contributed by atoms with Crippen LogP contribution in [0.3, 0.4) is 0 Å². The lowest BCUT2D eigenvalue weighted by molar-refractivity contribution is 0.0651. The third kappa shape index (κ3) is 5.10. The Hall–Kier alpha value is -2.09. The lowest BCUT2D eigenvalue weighted by Gasteiger charge is -2.25. The molecule has 0 spiro atoms. The monoisotopic (exact) mass is 521 g/mol. The van der Waals surface area contributed by atoms with Crippen molar-refractivity contribution in [2.75, 3.05) is 11.9 Å². The third-order valence-corrected chi connectivity index (χ3v) is 5.79. The summed E-state index contributed by atoms with van der Waals surface area (Å²) in [5.41, 5.74) is 1.10. The van der Waals surface area contributed by atoms with Crippen LogP contribution in [-0.2, 0) is 4.74 Å². The molecule has 0 unspecified atom stereocenters. The van der Waals surface area contributed by atoms with Gasteiger partial charge < -0.3 is 14.9 Å². The number of nitrogens with one attached hydrogen (secondary N) is 1. The highest BCUT2D eigenvalue weighted by Crippen LogP contribution is 2.40. The number of hydrogen-bond acceptors (Lipinski definition) is 4. The maximum Gasteiger partial charge on any atom is 0.412 e. The van der Waals surface area contributed by atoms with Crippen molar-refractivity contribution in [2.45, 2.75) is 19.4 Å². The van der Waals surface area contributed by atoms with Crippen LogP contribution in [0.15, 0.2) is 63.5 Å². The van der Waals surface area contributed by atoms with Gasteiger partial charge in [-0.3, -0.25) is 5.32 Å². The molecule has 0 aromatic heterocycles. The molecule has 0 bridgehead atoms. The normalized spacial score (nSPS) is 13.1. The van der Waals surface area contributed by atoms with Crippen molar-refractivity contribution in [3.63, 3.8) is 0 Å². The fourth-order valence-corrected chi connectivity index (χ4v) is 4.49. The molecule has 0 saturated carbocycles. The van der Waals surface area contributed by atoms with Crippen molar-refractivity contribution in [2.24, 2.45) is 5.92 Å². The van der Waals surface area contributed by atoms with E-state index in [9.17, 15) is 15.0 Å². The van der Waals surface area contributed by atoms with Gasteiger partial charge in [-0.15, -0.1) is 0 Å². The predicted octanol–water partition coefficient (Wildman–Crippen LogP) is 6.38. The fourth-order valence-electron chi connectivity index (χ4n) is 3.23. The molecule has 0 aliphatic heterocycles. The second-order valence-electron chi connectivity index (χ2n) is 6.79. The average molecular weight is 523 g/mol. The van der Waals surface area contributed by atoms with Crippen LogP contribution in [-0.4, -0.2) is 22.9 Å². The second-order valence-corrected chi connectivity index (χ2v) is 8.56. The zero-order valence-electron chi connectivity index (χ0n) is 15.7. The Morgan fingerprint density at radius 2 is 1.86 bits per heavy atom. The van der Waals surface area contributed by atoms with Crippen molar-refractivity contribution in [3.05, 3.63) is 69.1 Å². The molecule has 3 rings (SSSR count). The maximum absolute atomic E-state index is 12.7. The first-order chi connectivity index (χ1) is 13.9. The Labute approximate surface area is 186 Å². The maximum atomic E-state index is 12.7. The molecule has 1 amide bonds. The number of ether oxygens (including phenoxy) is 1. The number of aliphatic hydroxyl groups is 1. The number of rotatable bonds is 6. The Kier molecular flexibility index (Phi) is 7.16. The minimum absolute atomic E-state index is 0.000880. The Morgan fingerprint density at radius 3 is 2.62 bits per heavy atom. The number of phenolic OH excluding ortho intramolecular Hbond substituents is 1. The van der Waals surface area contributed by atoms with Gasteiger partial charge >= 0.3 is 6.09 Å². The van der Waals surface area contributed by atoms with Crippen molar-refractivity contribution < 1.29 is 19.7 Å². The first kappa shape index (κ1) is 21.6. The Morgan fingerprint density at radius 1 is 1.14 bits per heavy atom. The molecule has 0 aliphatic rings. The van der Waals surface area contributed by atoms with Crippen LogP contribution in [0.4, 0.5) is 10.5 Å². The number of carbonyl (C=O) groups excluding carboxylic acids is 1. The summed E-state index contributed by atoms with van der Waals surface area (Å²) >= 11 is 6.72. The average Bonchev–Trinajstić information content (AvgIpc) is 2.69. The van der Waals surface area contributed by atoms with Gasteiger partial charge in [0, 0.05) is 22.0 Å². The fraction of sp³-hybridized carbons (Fsp3) is 0.227. The van der Waals surface area contributed by atoms with E-state index in [-0.39, 0.29) is 18.3 Å². The van der Waals surface area contributed by atoms with Crippen molar-refractivity contribution in [1.82, 2.24) is 0 Å². The SMILES string of the molecule is C[C@H](CCO)[C@@H](OC(=O)Nc1cccc2ccccc12)c1cc(Br)cc(Br)c1O. The van der Waals surface area contributed by atoms with Crippen LogP contribution in [0.1, 0.15) is 25.0 Å². The summed E-state index contributed by atoms with van der Waals surface area (Å²) in [7, 11) is 0.